The number of aromatic nitrogens is 4. The lowest BCUT2D eigenvalue weighted by Crippen LogP contribution is -2.49. The number of anilines is 1. The van der Waals surface area contributed by atoms with Crippen LogP contribution in [0.4, 0.5) is 10.2 Å². The molecule has 2 N–H and O–H groups in total. The summed E-state index contributed by atoms with van der Waals surface area (Å²) >= 11 is 0. The van der Waals surface area contributed by atoms with Crippen molar-refractivity contribution in [1.82, 2.24) is 29.5 Å². The van der Waals surface area contributed by atoms with E-state index in [1.165, 1.54) is 12.4 Å². The van der Waals surface area contributed by atoms with Crippen molar-refractivity contribution in [3.63, 3.8) is 0 Å². The molecule has 45 heavy (non-hydrogen) atoms. The van der Waals surface area contributed by atoms with Crippen molar-refractivity contribution in [2.75, 3.05) is 38.6 Å². The smallest absolute Gasteiger partial charge is 0.264 e. The number of nitrogen functional groups attached to an aromatic ring is 1. The molecule has 2 aliphatic rings. The number of nitrogens with zero attached hydrogens (tertiary/aromatic N) is 7. The first kappa shape index (κ1) is 30.2. The third kappa shape index (κ3) is 6.22. The molecule has 232 valence electrons. The maximum absolute atomic E-state index is 15.6. The van der Waals surface area contributed by atoms with Crippen molar-refractivity contribution in [3.8, 4) is 28.8 Å². The first-order valence-electron chi connectivity index (χ1n) is 15.0. The number of nitrogens with two attached hydrogens (primary N) is 1. The monoisotopic (exact) mass is 610 g/mol. The fourth-order valence-electron chi connectivity index (χ4n) is 6.10. The molecule has 12 heteroatoms. The quantitative estimate of drug-likeness (QED) is 0.225. The van der Waals surface area contributed by atoms with E-state index in [-0.39, 0.29) is 28.9 Å². The van der Waals surface area contributed by atoms with Gasteiger partial charge in [-0.2, -0.15) is 10.4 Å². The predicted molar refractivity (Wildman–Crippen MR) is 167 cm³/mol. The maximum Gasteiger partial charge on any atom is 0.264 e. The lowest BCUT2D eigenvalue weighted by molar-refractivity contribution is -0.127. The molecular formula is C33H35FN8O3. The minimum atomic E-state index is -0.539. The fraction of sp³-hybridized carbons (Fsp3) is 0.364. The number of halogens is 1. The van der Waals surface area contributed by atoms with Gasteiger partial charge in [-0.1, -0.05) is 18.2 Å². The second-order valence-corrected chi connectivity index (χ2v) is 11.8. The highest BCUT2D eigenvalue weighted by molar-refractivity contribution is 5.99. The lowest BCUT2D eigenvalue weighted by atomic mass is 9.97. The van der Waals surface area contributed by atoms with Gasteiger partial charge in [-0.3, -0.25) is 9.69 Å². The van der Waals surface area contributed by atoms with E-state index in [1.54, 1.807) is 39.9 Å². The number of fused-ring (bicyclic) bond motifs is 1. The molecule has 1 amide bonds. The van der Waals surface area contributed by atoms with Crippen LogP contribution in [-0.2, 0) is 16.1 Å². The van der Waals surface area contributed by atoms with Crippen LogP contribution in [0, 0.1) is 17.1 Å². The molecule has 11 nitrogen and oxygen atoms in total. The average molecular weight is 611 g/mol. The van der Waals surface area contributed by atoms with E-state index < -0.39 is 11.4 Å². The van der Waals surface area contributed by atoms with Crippen LogP contribution in [0.25, 0.3) is 22.3 Å². The molecule has 1 atom stereocenters. The number of morpholine rings is 1. The first-order valence-corrected chi connectivity index (χ1v) is 15.0. The number of carbonyl (C=O) groups excluding carboxylic acids is 1. The summed E-state index contributed by atoms with van der Waals surface area (Å²) in [6, 6.07) is 15.6. The van der Waals surface area contributed by atoms with Gasteiger partial charge in [-0.25, -0.2) is 19.0 Å². The largest absolute Gasteiger partial charge is 0.457 e. The Morgan fingerprint density at radius 2 is 1.93 bits per heavy atom. The topological polar surface area (TPSA) is 135 Å². The molecule has 0 spiro atoms. The van der Waals surface area contributed by atoms with Gasteiger partial charge in [-0.05, 0) is 57.0 Å². The highest BCUT2D eigenvalue weighted by atomic mass is 19.1. The van der Waals surface area contributed by atoms with Crippen LogP contribution in [0.1, 0.15) is 26.7 Å². The Labute approximate surface area is 260 Å². The zero-order chi connectivity index (χ0) is 31.6. The van der Waals surface area contributed by atoms with Crippen molar-refractivity contribution >= 4 is 22.8 Å². The van der Waals surface area contributed by atoms with Crippen molar-refractivity contribution in [2.45, 2.75) is 44.8 Å². The highest BCUT2D eigenvalue weighted by Crippen LogP contribution is 2.35. The molecular weight excluding hydrogens is 575 g/mol. The summed E-state index contributed by atoms with van der Waals surface area (Å²) in [6.45, 7) is 7.51. The Kier molecular flexibility index (Phi) is 8.47. The Bertz CT molecular complexity index is 1780. The molecule has 4 heterocycles. The van der Waals surface area contributed by atoms with Gasteiger partial charge in [0, 0.05) is 36.8 Å². The number of rotatable bonds is 8. The summed E-state index contributed by atoms with van der Waals surface area (Å²) < 4.78 is 28.5. The Hall–Kier alpha value is -4.86. The third-order valence-electron chi connectivity index (χ3n) is 8.43. The van der Waals surface area contributed by atoms with E-state index in [1.807, 2.05) is 32.0 Å². The third-order valence-corrected chi connectivity index (χ3v) is 8.43. The highest BCUT2D eigenvalue weighted by Gasteiger charge is 2.34. The Morgan fingerprint density at radius 3 is 2.67 bits per heavy atom. The fourth-order valence-corrected chi connectivity index (χ4v) is 6.10. The number of ether oxygens (including phenoxy) is 2. The molecule has 0 bridgehead atoms. The van der Waals surface area contributed by atoms with Crippen LogP contribution in [0.2, 0.25) is 0 Å². The number of benzene rings is 2. The van der Waals surface area contributed by atoms with Crippen molar-refractivity contribution in [3.05, 3.63) is 72.3 Å². The van der Waals surface area contributed by atoms with Gasteiger partial charge in [0.25, 0.3) is 5.91 Å². The van der Waals surface area contributed by atoms with Crippen LogP contribution >= 0.6 is 0 Å². The Balaban J connectivity index is 1.28. The predicted octanol–water partition coefficient (Wildman–Crippen LogP) is 4.56. The summed E-state index contributed by atoms with van der Waals surface area (Å²) in [5, 5.41) is 15.2. The van der Waals surface area contributed by atoms with Crippen LogP contribution in [0.15, 0.2) is 66.5 Å². The summed E-state index contributed by atoms with van der Waals surface area (Å²) in [4.78, 5) is 26.3. The van der Waals surface area contributed by atoms with E-state index in [2.05, 4.69) is 20.9 Å². The minimum Gasteiger partial charge on any atom is -0.457 e. The average Bonchev–Trinajstić information content (AvgIpc) is 3.66. The molecule has 0 saturated carbocycles. The van der Waals surface area contributed by atoms with Gasteiger partial charge in [0.2, 0.25) is 0 Å². The Morgan fingerprint density at radius 1 is 1.16 bits per heavy atom. The van der Waals surface area contributed by atoms with E-state index in [4.69, 9.17) is 20.3 Å². The summed E-state index contributed by atoms with van der Waals surface area (Å²) in [7, 11) is 0. The molecule has 2 saturated heterocycles. The molecule has 2 fully saturated rings. The molecule has 6 rings (SSSR count). The summed E-state index contributed by atoms with van der Waals surface area (Å²) in [6.07, 6.45) is 4.60. The van der Waals surface area contributed by atoms with Gasteiger partial charge in [-0.15, -0.1) is 0 Å². The zero-order valence-electron chi connectivity index (χ0n) is 25.3. The second kappa shape index (κ2) is 12.6. The standard InChI is InChI=1S/C33H35FN8O3/c1-33(2,40-13-15-44-16-14-40)18-22(19-35)32(43)41-12-6-7-23(41)20-42-31-28(30(36)37-21-38-31)29(39-42)26-11-10-25(17-27(26)34)45-24-8-4-3-5-9-24/h3-5,8-11,17-18,21,23H,6-7,12-16,20H2,1-2H3,(H2,36,37,38)/b22-18-. The van der Waals surface area contributed by atoms with Crippen LogP contribution in [0.3, 0.4) is 0 Å². The molecule has 0 aliphatic carbocycles. The first-order chi connectivity index (χ1) is 21.7. The molecule has 4 aromatic rings. The lowest BCUT2D eigenvalue weighted by Gasteiger charge is -2.39. The number of amides is 1. The number of nitriles is 1. The molecule has 1 unspecified atom stereocenters. The van der Waals surface area contributed by atoms with Crippen LogP contribution in [-0.4, -0.2) is 79.9 Å². The van der Waals surface area contributed by atoms with Gasteiger partial charge in [0.1, 0.15) is 46.8 Å². The molecule has 0 radical (unpaired) electrons. The number of carbonyl (C=O) groups is 1. The minimum absolute atomic E-state index is 0.107. The second-order valence-electron chi connectivity index (χ2n) is 11.8. The number of para-hydroxylation sites is 1. The van der Waals surface area contributed by atoms with E-state index in [9.17, 15) is 10.1 Å². The van der Waals surface area contributed by atoms with Crippen molar-refractivity contribution in [2.24, 2.45) is 0 Å². The van der Waals surface area contributed by atoms with Crippen molar-refractivity contribution < 1.29 is 18.7 Å². The van der Waals surface area contributed by atoms with E-state index >= 15 is 4.39 Å². The van der Waals surface area contributed by atoms with Crippen LogP contribution < -0.4 is 10.5 Å². The molecule has 2 aromatic carbocycles. The van der Waals surface area contributed by atoms with E-state index in [0.29, 0.717) is 61.0 Å². The zero-order valence-corrected chi connectivity index (χ0v) is 25.3. The number of likely N-dealkylation sites (tertiary alicyclic amines) is 1. The van der Waals surface area contributed by atoms with Gasteiger partial charge in [0.05, 0.1) is 31.2 Å². The maximum atomic E-state index is 15.6. The normalized spacial score (nSPS) is 17.9. The van der Waals surface area contributed by atoms with Gasteiger partial charge >= 0.3 is 0 Å². The van der Waals surface area contributed by atoms with E-state index in [0.717, 1.165) is 19.5 Å². The summed E-state index contributed by atoms with van der Waals surface area (Å²) in [5.41, 5.74) is 6.85. The van der Waals surface area contributed by atoms with Crippen molar-refractivity contribution in [1.29, 1.82) is 5.26 Å². The van der Waals surface area contributed by atoms with Gasteiger partial charge in [0.15, 0.2) is 5.65 Å². The van der Waals surface area contributed by atoms with Crippen LogP contribution in [0.5, 0.6) is 11.5 Å². The number of hydrogen-bond donors (Lipinski definition) is 1. The SMILES string of the molecule is CC(C)(/C=C(/C#N)C(=O)N1CCCC1Cn1nc(-c2ccc(Oc3ccccc3)cc2F)c2c(N)ncnc21)N1CCOCC1. The summed E-state index contributed by atoms with van der Waals surface area (Å²) in [5.74, 6) is 0.250. The molecule has 2 aliphatic heterocycles. The molecule has 2 aromatic heterocycles. The van der Waals surface area contributed by atoms with Gasteiger partial charge < -0.3 is 20.1 Å². The number of hydrogen-bond acceptors (Lipinski definition) is 9.